The molecule has 0 saturated carbocycles. The number of benzene rings is 1. The van der Waals surface area contributed by atoms with Crippen molar-refractivity contribution in [2.24, 2.45) is 0 Å². The van der Waals surface area contributed by atoms with Gasteiger partial charge in [-0.05, 0) is 17.7 Å². The molecule has 2 atom stereocenters. The van der Waals surface area contributed by atoms with E-state index in [1.165, 1.54) is 7.11 Å². The number of aliphatic hydroxyl groups excluding tert-OH is 1. The first kappa shape index (κ1) is 16.4. The second kappa shape index (κ2) is 5.59. The number of fused-ring (bicyclic) bond motifs is 1. The molecule has 5 nitrogen and oxygen atoms in total. The third-order valence-corrected chi connectivity index (χ3v) is 3.81. The largest absolute Gasteiger partial charge is 0.497 e. The number of ether oxygens (including phenoxy) is 1. The lowest BCUT2D eigenvalue weighted by Gasteiger charge is -2.11. The molecule has 9 heteroatoms. The Morgan fingerprint density at radius 2 is 1.92 bits per heavy atom. The van der Waals surface area contributed by atoms with Gasteiger partial charge >= 0.3 is 6.18 Å². The fraction of sp³-hybridized carbons (Fsp3) is 0.333. The van der Waals surface area contributed by atoms with Crippen LogP contribution in [0.2, 0.25) is 0 Å². The maximum Gasteiger partial charge on any atom is 0.435 e. The van der Waals surface area contributed by atoms with E-state index in [2.05, 4.69) is 5.10 Å². The SMILES string of the molecule is COc1ccc(Cn2nc(C(F)(F)F)c3c2[C@H](F)[C@H](O)C3=O)cc1. The van der Waals surface area contributed by atoms with Crippen LogP contribution in [0.5, 0.6) is 5.75 Å². The molecule has 1 aliphatic rings. The minimum absolute atomic E-state index is 0.178. The molecular weight excluding hydrogens is 332 g/mol. The number of ketones is 1. The normalized spacial score (nSPS) is 20.3. The summed E-state index contributed by atoms with van der Waals surface area (Å²) in [6, 6.07) is 6.36. The Kier molecular flexibility index (Phi) is 3.83. The number of alkyl halides is 4. The van der Waals surface area contributed by atoms with Crippen molar-refractivity contribution in [3.8, 4) is 5.75 Å². The number of aromatic nitrogens is 2. The molecule has 0 bridgehead atoms. The van der Waals surface area contributed by atoms with Gasteiger partial charge in [0.2, 0.25) is 0 Å². The van der Waals surface area contributed by atoms with Gasteiger partial charge in [0.15, 0.2) is 23.8 Å². The van der Waals surface area contributed by atoms with Gasteiger partial charge in [-0.2, -0.15) is 18.3 Å². The minimum Gasteiger partial charge on any atom is -0.497 e. The van der Waals surface area contributed by atoms with Crippen LogP contribution in [-0.2, 0) is 12.7 Å². The van der Waals surface area contributed by atoms with Crippen molar-refractivity contribution < 1.29 is 32.2 Å². The number of methoxy groups -OCH3 is 1. The van der Waals surface area contributed by atoms with Gasteiger partial charge in [0.1, 0.15) is 5.75 Å². The zero-order valence-corrected chi connectivity index (χ0v) is 12.3. The number of aliphatic hydroxyl groups is 1. The number of carbonyl (C=O) groups is 1. The van der Waals surface area contributed by atoms with Gasteiger partial charge in [-0.1, -0.05) is 12.1 Å². The lowest BCUT2D eigenvalue weighted by Crippen LogP contribution is -2.22. The second-order valence-electron chi connectivity index (χ2n) is 5.32. The number of halogens is 4. The molecule has 1 aromatic carbocycles. The van der Waals surface area contributed by atoms with Crippen LogP contribution in [0.25, 0.3) is 0 Å². The van der Waals surface area contributed by atoms with Crippen molar-refractivity contribution in [1.29, 1.82) is 0 Å². The van der Waals surface area contributed by atoms with Gasteiger partial charge in [-0.3, -0.25) is 9.48 Å². The first-order chi connectivity index (χ1) is 11.2. The molecule has 128 valence electrons. The number of carbonyl (C=O) groups excluding carboxylic acids is 1. The van der Waals surface area contributed by atoms with Crippen molar-refractivity contribution in [2.75, 3.05) is 7.11 Å². The van der Waals surface area contributed by atoms with Crippen molar-refractivity contribution >= 4 is 5.78 Å². The number of Topliss-reactive ketones (excluding diaryl/α,β-unsaturated/α-hetero) is 1. The molecule has 2 aromatic rings. The van der Waals surface area contributed by atoms with Gasteiger partial charge in [0.05, 0.1) is 24.9 Å². The van der Waals surface area contributed by atoms with Crippen LogP contribution < -0.4 is 4.74 Å². The topological polar surface area (TPSA) is 64.3 Å². The summed E-state index contributed by atoms with van der Waals surface area (Å²) in [5.41, 5.74) is -2.38. The van der Waals surface area contributed by atoms with Gasteiger partial charge in [-0.15, -0.1) is 0 Å². The molecule has 1 aliphatic carbocycles. The number of hydrogen-bond acceptors (Lipinski definition) is 4. The summed E-state index contributed by atoms with van der Waals surface area (Å²) in [4.78, 5) is 11.8. The van der Waals surface area contributed by atoms with Gasteiger partial charge < -0.3 is 9.84 Å². The molecule has 1 N–H and O–H groups in total. The highest BCUT2D eigenvalue weighted by Gasteiger charge is 2.50. The monoisotopic (exact) mass is 344 g/mol. The predicted octanol–water partition coefficient (Wildman–Crippen LogP) is 2.53. The second-order valence-corrected chi connectivity index (χ2v) is 5.32. The van der Waals surface area contributed by atoms with Crippen LogP contribution in [0, 0.1) is 0 Å². The van der Waals surface area contributed by atoms with Crippen LogP contribution >= 0.6 is 0 Å². The zero-order valence-electron chi connectivity index (χ0n) is 12.3. The smallest absolute Gasteiger partial charge is 0.435 e. The maximum atomic E-state index is 14.1. The summed E-state index contributed by atoms with van der Waals surface area (Å²) in [5.74, 6) is -0.750. The van der Waals surface area contributed by atoms with Crippen molar-refractivity contribution in [3.05, 3.63) is 46.8 Å². The van der Waals surface area contributed by atoms with Gasteiger partial charge in [0, 0.05) is 0 Å². The Balaban J connectivity index is 2.06. The third kappa shape index (κ3) is 2.54. The maximum absolute atomic E-state index is 14.1. The zero-order chi connectivity index (χ0) is 17.6. The number of rotatable bonds is 3. The summed E-state index contributed by atoms with van der Waals surface area (Å²) in [6.07, 6.45) is -9.30. The molecule has 1 aromatic heterocycles. The molecule has 0 unspecified atom stereocenters. The molecule has 24 heavy (non-hydrogen) atoms. The van der Waals surface area contributed by atoms with Crippen LogP contribution in [0.4, 0.5) is 17.6 Å². The Morgan fingerprint density at radius 1 is 1.29 bits per heavy atom. The van der Waals surface area contributed by atoms with Crippen LogP contribution in [0.15, 0.2) is 24.3 Å². The molecule has 1 heterocycles. The fourth-order valence-electron chi connectivity index (χ4n) is 2.65. The molecule has 3 rings (SSSR count). The number of nitrogens with zero attached hydrogens (tertiary/aromatic N) is 2. The average Bonchev–Trinajstić information content (AvgIpc) is 3.01. The van der Waals surface area contributed by atoms with E-state index in [1.54, 1.807) is 24.3 Å². The highest BCUT2D eigenvalue weighted by atomic mass is 19.4. The van der Waals surface area contributed by atoms with Crippen molar-refractivity contribution in [3.63, 3.8) is 0 Å². The first-order valence-corrected chi connectivity index (χ1v) is 6.91. The summed E-state index contributed by atoms with van der Waals surface area (Å²) in [5, 5.41) is 12.8. The Labute approximate surface area is 133 Å². The number of hydrogen-bond donors (Lipinski definition) is 1. The summed E-state index contributed by atoms with van der Waals surface area (Å²) < 4.78 is 59.1. The predicted molar refractivity (Wildman–Crippen MR) is 73.5 cm³/mol. The fourth-order valence-corrected chi connectivity index (χ4v) is 2.65. The lowest BCUT2D eigenvalue weighted by atomic mass is 10.1. The Morgan fingerprint density at radius 3 is 2.46 bits per heavy atom. The molecule has 0 radical (unpaired) electrons. The highest BCUT2D eigenvalue weighted by molar-refractivity contribution is 6.05. The van der Waals surface area contributed by atoms with E-state index in [0.717, 1.165) is 4.68 Å². The first-order valence-electron chi connectivity index (χ1n) is 6.91. The minimum atomic E-state index is -4.92. The van der Waals surface area contributed by atoms with Crippen LogP contribution in [0.1, 0.15) is 33.5 Å². The molecule has 0 fully saturated rings. The molecule has 0 aliphatic heterocycles. The third-order valence-electron chi connectivity index (χ3n) is 3.81. The Hall–Kier alpha value is -2.42. The van der Waals surface area contributed by atoms with E-state index in [-0.39, 0.29) is 6.54 Å². The highest BCUT2D eigenvalue weighted by Crippen LogP contribution is 2.42. The Bertz CT molecular complexity index is 783. The molecular formula is C15H12F4N2O3. The molecule has 0 saturated heterocycles. The van der Waals surface area contributed by atoms with Crippen LogP contribution in [0.3, 0.4) is 0 Å². The summed E-state index contributed by atoms with van der Waals surface area (Å²) >= 11 is 0. The van der Waals surface area contributed by atoms with E-state index in [1.807, 2.05) is 0 Å². The quantitative estimate of drug-likeness (QED) is 0.869. The van der Waals surface area contributed by atoms with Crippen LogP contribution in [-0.4, -0.2) is 33.9 Å². The van der Waals surface area contributed by atoms with E-state index in [9.17, 15) is 27.5 Å². The van der Waals surface area contributed by atoms with E-state index < -0.39 is 41.2 Å². The lowest BCUT2D eigenvalue weighted by molar-refractivity contribution is -0.141. The van der Waals surface area contributed by atoms with Crippen molar-refractivity contribution in [1.82, 2.24) is 9.78 Å². The van der Waals surface area contributed by atoms with Gasteiger partial charge in [0.25, 0.3) is 0 Å². The molecule has 0 amide bonds. The van der Waals surface area contributed by atoms with E-state index in [4.69, 9.17) is 4.74 Å². The average molecular weight is 344 g/mol. The van der Waals surface area contributed by atoms with E-state index in [0.29, 0.717) is 11.3 Å². The van der Waals surface area contributed by atoms with E-state index >= 15 is 0 Å². The summed E-state index contributed by atoms with van der Waals surface area (Å²) in [6.45, 7) is -0.178. The standard InChI is InChI=1S/C15H12F4N2O3/c1-24-8-4-2-7(3-5-8)6-21-11-9(12(22)13(23)10(11)16)14(20-21)15(17,18)19/h2-5,10,13,23H,6H2,1H3/t10-,13-/m0/s1. The van der Waals surface area contributed by atoms with Gasteiger partial charge in [-0.25, -0.2) is 4.39 Å². The summed E-state index contributed by atoms with van der Waals surface area (Å²) in [7, 11) is 1.46. The molecule has 0 spiro atoms. The van der Waals surface area contributed by atoms with Crippen molar-refractivity contribution in [2.45, 2.75) is 25.0 Å².